The van der Waals surface area contributed by atoms with Crippen molar-refractivity contribution in [3.63, 3.8) is 0 Å². The maximum Gasteiger partial charge on any atom is 0.487 e. The molecule has 1 heterocycles. The topological polar surface area (TPSA) is 133 Å². The summed E-state index contributed by atoms with van der Waals surface area (Å²) in [7, 11) is -1.02. The van der Waals surface area contributed by atoms with Crippen molar-refractivity contribution in [3.05, 3.63) is 46.9 Å². The molecule has 0 aliphatic heterocycles. The van der Waals surface area contributed by atoms with Crippen LogP contribution >= 0.6 is 0 Å². The average Bonchev–Trinajstić information content (AvgIpc) is 2.99. The zero-order valence-corrected chi connectivity index (χ0v) is 27.6. The first-order valence-electron chi connectivity index (χ1n) is 16.0. The van der Waals surface area contributed by atoms with Crippen molar-refractivity contribution in [3.8, 4) is 11.3 Å². The summed E-state index contributed by atoms with van der Waals surface area (Å²) in [5.74, 6) is -1.32. The number of aromatic nitrogens is 2. The summed E-state index contributed by atoms with van der Waals surface area (Å²) in [6, 6.07) is 4.49. The largest absolute Gasteiger partial charge is 0.487 e. The molecule has 0 amide bonds. The molecular formula is C31H309FN3O6S+. The summed E-state index contributed by atoms with van der Waals surface area (Å²) in [4.78, 5) is 21.7. The highest BCUT2D eigenvalue weighted by molar-refractivity contribution is 7.93. The number of carboxylic acids is 1. The van der Waals surface area contributed by atoms with Gasteiger partial charge in [0.25, 0.3) is 1.43 Å². The summed E-state index contributed by atoms with van der Waals surface area (Å²) in [6.45, 7) is 17.3. The highest BCUT2D eigenvalue weighted by Crippen LogP contribution is 2.43. The zero-order chi connectivity index (χ0) is 36.9. The van der Waals surface area contributed by atoms with Gasteiger partial charge in [-0.1, -0.05) is 20.8 Å². The molecule has 42 heavy (non-hydrogen) atoms. The van der Waals surface area contributed by atoms with Gasteiger partial charge < -0.3 is 15.0 Å². The van der Waals surface area contributed by atoms with E-state index in [0.29, 0.717) is 33.7 Å². The van der Waals surface area contributed by atoms with E-state index in [4.69, 9.17) is 22.0 Å². The summed E-state index contributed by atoms with van der Waals surface area (Å²) < 4.78 is 81.2. The fourth-order valence-electron chi connectivity index (χ4n) is 4.60. The molecule has 1 aromatic carbocycles. The van der Waals surface area contributed by atoms with Gasteiger partial charge in [0.05, 0.1) is 34.1 Å². The van der Waals surface area contributed by atoms with Crippen LogP contribution < -0.4 is 4.31 Å². The van der Waals surface area contributed by atoms with Gasteiger partial charge in [0.15, 0.2) is 6.10 Å². The van der Waals surface area contributed by atoms with E-state index >= 15 is 0 Å². The Labute approximate surface area is 450 Å². The van der Waals surface area contributed by atoms with E-state index in [-0.39, 0.29) is 198 Å². The lowest BCUT2D eigenvalue weighted by atomic mass is 9.69. The van der Waals surface area contributed by atoms with Crippen molar-refractivity contribution in [1.29, 1.82) is 4.29 Å². The molecule has 1 aromatic heterocycles. The maximum absolute atomic E-state index is 14.4. The van der Waals surface area contributed by atoms with Crippen molar-refractivity contribution >= 4 is 27.5 Å². The Morgan fingerprint density at radius 3 is 2.40 bits per heavy atom. The van der Waals surface area contributed by atoms with Crippen LogP contribution in [0.5, 0.6) is 0 Å². The SMILES string of the molecule is [2H]OC(=O)C[C@](C)(OC)C(C)(C)[C@@H](/C=C(\C)c1c(-c2ccc(F)c(C)c2)nc(N(C)S(=O)(=O)C(C)C)nc1C(C)(C)C)[O+]([2H])[2H].[2H][2H].[HH].[HH].[HH].[HH].[HH].[HH].[HH].[HH].[HH].[HH].[HH].[HH].[HH].[HH].[HH].[HH].[HH].[HH].[HH].[HH].[HH].[HH].[HH].[HH].[HH].[HH].[HH].[HH].[HH].[HH].[HH].[HH].[HH].[HH].[HH].[HH].[HH].[HH].[HH].[HH].[HH].[HH].[HH].[HH].[HH].[HH].[HH].[HH].[HH].[HH].[HH].[HH].[HH].[HH].[HH].[HH].[HH].[HH].[HH].[HH].[HH].[HH].[HH].[HH].[HH].[HH].[HH].[HH].[HH].[HH].[HH].[HH].[HH].[HH].[HH].[HH].[HH].[HH].[HH].[HH].[HH].[HH].[HH].[HH].[HH].[HH].[HH].[HH].[HH].[HH].[HH].[HH].[HH].[HH].[HH].[HH].[HH].[HH].[HH].[HH].[HH].[HH].[HH].[HH].[HH].[HH].[HH].[HH].[HH].[HH].[HH].[HH].[HH].[HH].[HH].[HH].[HH].[HH].[HH].[HH].[HH].[HH].[HH].[HH].[HH].[HH].[HH].[HH].[HH].[HH]. The number of hydrogen-bond acceptors (Lipinski definition) is 7. The Bertz CT molecular complexity index is 1670. The first kappa shape index (κ1) is 29.2. The summed E-state index contributed by atoms with van der Waals surface area (Å²) in [5.41, 5.74) is -0.316. The van der Waals surface area contributed by atoms with Gasteiger partial charge in [0, 0.05) is 219 Å². The lowest BCUT2D eigenvalue weighted by molar-refractivity contribution is -0.160. The highest BCUT2D eigenvalue weighted by atomic mass is 32.2. The second kappa shape index (κ2) is 12.4. The lowest BCUT2D eigenvalue weighted by Crippen LogP contribution is -2.51. The Morgan fingerprint density at radius 1 is 1.31 bits per heavy atom. The van der Waals surface area contributed by atoms with Gasteiger partial charge in [-0.3, -0.25) is 4.79 Å². The molecule has 0 aliphatic rings. The van der Waals surface area contributed by atoms with Gasteiger partial charge in [0.1, 0.15) is 5.82 Å². The number of ether oxygens (including phenoxy) is 1. The number of nitrogens with zero attached hydrogens (tertiary/aromatic N) is 3. The first-order chi connectivity index (χ1) is 21.5. The number of sulfonamides is 1. The first-order valence-corrected chi connectivity index (χ1v) is 15.3. The molecule has 0 aliphatic carbocycles. The number of aliphatic carboxylic acids is 1. The molecule has 2 atom stereocenters. The van der Waals surface area contributed by atoms with Crippen molar-refractivity contribution < 1.29 is 221 Å². The predicted octanol–water partition coefficient (Wildman–Crippen LogP) is 37.7. The van der Waals surface area contributed by atoms with Crippen LogP contribution in [0.15, 0.2) is 24.3 Å². The van der Waals surface area contributed by atoms with Crippen molar-refractivity contribution in [2.24, 2.45) is 5.41 Å². The number of carboxylic acid groups (broad SMARTS) is 1. The Morgan fingerprint density at radius 2 is 1.93 bits per heavy atom. The molecule has 0 saturated carbocycles. The Kier molecular flexibility index (Phi) is 8.61. The van der Waals surface area contributed by atoms with Crippen LogP contribution in [0.25, 0.3) is 18.3 Å². The third-order valence-corrected chi connectivity index (χ3v) is 10.2. The molecule has 0 saturated heterocycles. The van der Waals surface area contributed by atoms with E-state index in [2.05, 4.69) is 5.11 Å². The van der Waals surface area contributed by atoms with Crippen molar-refractivity contribution in [2.75, 3.05) is 18.5 Å². The van der Waals surface area contributed by atoms with Gasteiger partial charge in [-0.25, -0.2) is 27.1 Å². The average molecular weight is 878 g/mol. The van der Waals surface area contributed by atoms with Crippen LogP contribution in [-0.2, 0) is 25.0 Å². The van der Waals surface area contributed by atoms with Crippen LogP contribution in [0, 0.1) is 18.2 Å². The number of hydrogen-bond donors (Lipinski definition) is 1. The zero-order valence-electron chi connectivity index (χ0n) is 31.7. The molecule has 0 spiro atoms. The number of anilines is 1. The summed E-state index contributed by atoms with van der Waals surface area (Å²) >= 11 is 0. The smallest absolute Gasteiger partial charge is 0.481 e. The van der Waals surface area contributed by atoms with E-state index in [1.54, 1.807) is 66.7 Å². The van der Waals surface area contributed by atoms with Crippen LogP contribution in [0.1, 0.15) is 274 Å². The summed E-state index contributed by atoms with van der Waals surface area (Å²) in [5, 5.41) is 4.88. The molecule has 0 unspecified atom stereocenters. The Hall–Kier alpha value is -2.89. The second-order valence-corrected chi connectivity index (χ2v) is 15.4. The van der Waals surface area contributed by atoms with E-state index < -0.39 is 49.6 Å². The number of allylic oxidation sites excluding steroid dienone is 1. The Balaban J connectivity index is -0.00000000130. The molecule has 2 rings (SSSR count). The number of aryl methyl sites for hydroxylation is 1. The molecule has 0 fully saturated rings. The van der Waals surface area contributed by atoms with Gasteiger partial charge in [-0.2, -0.15) is 0 Å². The third-order valence-electron chi connectivity index (χ3n) is 8.10. The molecule has 0 radical (unpaired) electrons. The standard InChI is InChI=1S/C31H46FN3O6S.131H2/c1-18(2)42(39,40)35(11)28-33-26(21-13-14-22(32)19(3)15-21)25(27(34-28)29(5,6)7)20(4)16-23(36)30(8,9)31(10,41-12)17-24(37)38;;;;;;;;;;;;;;;;;;;;;;;;;;;;;;;;;;;;;;;;;;;;;;;;;;;;;;;;;;;;;;;;;;;;;;;;;;;;;;;;;;;;;;;;;;;;;;;;;;;;;;;;;;;;;;;;;;;;;;;;;;;;;;;;;;;/h13-16,18,23,36H,17H2,1-12H3,(H,37,38);131*1H/p+1/b20-16+;;;;;;;;;;;;;;;;;;;;;;;;;;;;;;;;;;;;;;;;;;;;;;;;;;;;;;;;;;;;;;;;;;;;;;;;;;;;;;;;;;;;;;;;;;;;;;;;;;;;;;;;;;;;;;;;;;;;;;;;;;;;;;;;;;;/t23-,31+;;;;;;;;;;;;;;;;;;;;;;;;;;;;;;;;;;;;;;;;;;;;;;;;;;;;;;;;;;;;;;;;;;;;;;;;;;;;;;;;;;;;;;;;;;;;;;;;;;;;;;;;;;;;;;;;;;;;;;;;;;;;;;;;;;;/m1.................................................................................................................................../s1/i36D;1+1D;;;;;;;;;;;;;;;;;;;;;;;;;;;;;;;;;;;;;;;;;;;;;;;;;;;;;;;;;;;;;;;;;;;;;;;;;;;;;;;;;;;;;;;;;;;;;;;;;;;;;;;;;;;;;;;;;;;;;;;;;;;;;;;;;;/hD2. The normalized spacial score (nSPS) is 16.6. The molecule has 3 N–H and O–H groups in total. The van der Waals surface area contributed by atoms with E-state index in [0.717, 1.165) is 4.31 Å². The van der Waals surface area contributed by atoms with E-state index in [9.17, 15) is 17.6 Å². The minimum absolute atomic E-state index is 0. The predicted molar refractivity (Wildman–Crippen MR) is 443 cm³/mol. The van der Waals surface area contributed by atoms with Crippen molar-refractivity contribution in [1.82, 2.24) is 9.97 Å². The maximum atomic E-state index is 14.4. The van der Waals surface area contributed by atoms with Crippen LogP contribution in [0.2, 0.25) is 0 Å². The number of rotatable bonds is 12. The summed E-state index contributed by atoms with van der Waals surface area (Å²) in [6.07, 6.45) is 0.260. The van der Waals surface area contributed by atoms with E-state index in [1.165, 1.54) is 25.3 Å². The number of methoxy groups -OCH3 is 1. The molecule has 2 aromatic rings. The minimum atomic E-state index is -3.81. The van der Waals surface area contributed by atoms with Gasteiger partial charge in [-0.15, -0.1) is 0 Å². The fourth-order valence-corrected chi connectivity index (χ4v) is 5.54. The monoisotopic (exact) mass is 877 g/mol. The second-order valence-electron chi connectivity index (χ2n) is 12.8. The van der Waals surface area contributed by atoms with Crippen LogP contribution in [-0.4, -0.2) is 68.5 Å². The number of halogens is 1. The molecule has 11 heteroatoms. The fraction of sp³-hybridized carbons (Fsp3) is 0.581. The van der Waals surface area contributed by atoms with Crippen LogP contribution in [0.4, 0.5) is 10.3 Å². The van der Waals surface area contributed by atoms with Gasteiger partial charge >= 0.3 is 8.83 Å². The highest BCUT2D eigenvalue weighted by Gasteiger charge is 2.50. The molecule has 496 valence electrons. The third kappa shape index (κ3) is 7.01. The van der Waals surface area contributed by atoms with Crippen LogP contribution in [0.3, 0.4) is 0 Å². The quantitative estimate of drug-likeness (QED) is 0.210. The molecule has 0 bridgehead atoms. The molecule has 9 nitrogen and oxygen atoms in total. The van der Waals surface area contributed by atoms with Gasteiger partial charge in [0.2, 0.25) is 16.0 Å². The minimum Gasteiger partial charge on any atom is -0.481 e. The lowest BCUT2D eigenvalue weighted by Gasteiger charge is -2.42. The van der Waals surface area contributed by atoms with E-state index in [1.807, 2.05) is 20.8 Å². The number of benzene rings is 1. The van der Waals surface area contributed by atoms with Crippen molar-refractivity contribution in [2.45, 2.75) is 98.0 Å². The molecular weight excluding hydrogens is 561 g/mol. The van der Waals surface area contributed by atoms with Gasteiger partial charge in [-0.05, 0) is 83.9 Å². The number of carbonyl (C=O) groups is 1.